The van der Waals surface area contributed by atoms with E-state index in [2.05, 4.69) is 23.5 Å². The molecule has 3 N–H and O–H groups in total. The molecule has 0 spiro atoms. The van der Waals surface area contributed by atoms with Crippen molar-refractivity contribution in [2.24, 2.45) is 5.73 Å². The summed E-state index contributed by atoms with van der Waals surface area (Å²) in [5.74, 6) is -0.624. The number of unbranched alkanes of at least 4 members (excludes halogenated alkanes) is 1. The zero-order valence-corrected chi connectivity index (χ0v) is 18.6. The Bertz CT molecular complexity index is 996. The van der Waals surface area contributed by atoms with Crippen LogP contribution >= 0.6 is 11.3 Å². The van der Waals surface area contributed by atoms with Crippen LogP contribution in [0.3, 0.4) is 0 Å². The molecule has 0 aliphatic carbocycles. The zero-order valence-electron chi connectivity index (χ0n) is 17.8. The minimum absolute atomic E-state index is 0.137. The highest BCUT2D eigenvalue weighted by molar-refractivity contribution is 7.11. The molecule has 0 aliphatic heterocycles. The van der Waals surface area contributed by atoms with Crippen molar-refractivity contribution in [3.05, 3.63) is 62.9 Å². The van der Waals surface area contributed by atoms with Gasteiger partial charge in [0.1, 0.15) is 0 Å². The van der Waals surface area contributed by atoms with Gasteiger partial charge in [0.15, 0.2) is 5.01 Å². The van der Waals surface area contributed by atoms with Gasteiger partial charge in [0.2, 0.25) is 11.7 Å². The molecule has 2 rings (SSSR count). The van der Waals surface area contributed by atoms with Gasteiger partial charge in [-0.1, -0.05) is 50.4 Å². The molecule has 0 saturated heterocycles. The molecule has 1 amide bonds. The van der Waals surface area contributed by atoms with E-state index in [4.69, 9.17) is 5.73 Å². The molecule has 0 aliphatic rings. The Morgan fingerprint density at radius 3 is 2.67 bits per heavy atom. The molecule has 0 bridgehead atoms. The number of carbonyl (C=O) groups is 2. The maximum absolute atomic E-state index is 13.2. The van der Waals surface area contributed by atoms with E-state index in [9.17, 15) is 9.59 Å². The minimum atomic E-state index is -0.635. The smallest absolute Gasteiger partial charge is 0.228 e. The summed E-state index contributed by atoms with van der Waals surface area (Å²) in [6, 6.07) is 7.23. The Morgan fingerprint density at radius 1 is 1.30 bits per heavy atom. The van der Waals surface area contributed by atoms with Crippen molar-refractivity contribution in [1.29, 1.82) is 0 Å². The Labute approximate surface area is 182 Å². The summed E-state index contributed by atoms with van der Waals surface area (Å²) in [5.41, 5.74) is 7.67. The van der Waals surface area contributed by atoms with Crippen LogP contribution < -0.4 is 20.9 Å². The van der Waals surface area contributed by atoms with E-state index < -0.39 is 6.04 Å². The molecule has 0 radical (unpaired) electrons. The summed E-state index contributed by atoms with van der Waals surface area (Å²) < 4.78 is 0.705. The standard InChI is InChI=1S/C24H31N3O2S/c1-5-11-20-17(4)30-24(27-20)22(28)21(14-9-10-15-25)26-23(29)18(6-2)19-13-8-7-12-16(19)3/h5,7-8,11-13,18,21H,1,4,6,9-10,14-15,25H2,2-3H3,(H,26,29)/b20-11+. The molecule has 6 heteroatoms. The van der Waals surface area contributed by atoms with Crippen LogP contribution in [0.15, 0.2) is 36.9 Å². The van der Waals surface area contributed by atoms with Crippen molar-refractivity contribution in [3.63, 3.8) is 0 Å². The predicted molar refractivity (Wildman–Crippen MR) is 125 cm³/mol. The maximum atomic E-state index is 13.2. The Kier molecular flexibility index (Phi) is 9.15. The molecule has 1 aromatic heterocycles. The fourth-order valence-electron chi connectivity index (χ4n) is 3.42. The molecule has 5 nitrogen and oxygen atoms in total. The van der Waals surface area contributed by atoms with Crippen molar-refractivity contribution in [3.8, 4) is 0 Å². The number of ketones is 1. The van der Waals surface area contributed by atoms with E-state index in [1.165, 1.54) is 11.3 Å². The number of allylic oxidation sites excluding steroid dienone is 1. The van der Waals surface area contributed by atoms with Crippen LogP contribution in [0.25, 0.3) is 12.7 Å². The van der Waals surface area contributed by atoms with Gasteiger partial charge in [0, 0.05) is 4.53 Å². The van der Waals surface area contributed by atoms with E-state index >= 15 is 0 Å². The van der Waals surface area contributed by atoms with Gasteiger partial charge >= 0.3 is 0 Å². The number of nitrogens with zero attached hydrogens (tertiary/aromatic N) is 1. The Balaban J connectivity index is 2.28. The number of rotatable bonds is 11. The van der Waals surface area contributed by atoms with Gasteiger partial charge < -0.3 is 11.1 Å². The van der Waals surface area contributed by atoms with Gasteiger partial charge in [-0.3, -0.25) is 9.59 Å². The molecular weight excluding hydrogens is 394 g/mol. The van der Waals surface area contributed by atoms with Crippen molar-refractivity contribution < 1.29 is 9.59 Å². The molecule has 30 heavy (non-hydrogen) atoms. The van der Waals surface area contributed by atoms with Gasteiger partial charge in [-0.15, -0.1) is 11.3 Å². The number of carbonyl (C=O) groups excluding carboxylic acids is 2. The first-order chi connectivity index (χ1) is 14.4. The van der Waals surface area contributed by atoms with E-state index in [0.29, 0.717) is 34.3 Å². The fraction of sp³-hybridized carbons (Fsp3) is 0.375. The molecule has 0 fully saturated rings. The highest BCUT2D eigenvalue weighted by atomic mass is 32.1. The highest BCUT2D eigenvalue weighted by Gasteiger charge is 2.28. The largest absolute Gasteiger partial charge is 0.345 e. The van der Waals surface area contributed by atoms with Gasteiger partial charge in [-0.2, -0.15) is 0 Å². The third-order valence-electron chi connectivity index (χ3n) is 5.08. The summed E-state index contributed by atoms with van der Waals surface area (Å²) in [5, 5.41) is 3.99. The molecule has 1 aromatic carbocycles. The predicted octanol–water partition coefficient (Wildman–Crippen LogP) is 2.82. The monoisotopic (exact) mass is 425 g/mol. The van der Waals surface area contributed by atoms with Crippen LogP contribution in [-0.2, 0) is 4.79 Å². The molecule has 2 aromatic rings. The molecular formula is C24H31N3O2S. The van der Waals surface area contributed by atoms with Crippen LogP contribution in [0.4, 0.5) is 0 Å². The molecule has 0 saturated carbocycles. The summed E-state index contributed by atoms with van der Waals surface area (Å²) in [4.78, 5) is 30.7. The van der Waals surface area contributed by atoms with E-state index in [-0.39, 0.29) is 17.6 Å². The second kappa shape index (κ2) is 11.6. The lowest BCUT2D eigenvalue weighted by Crippen LogP contribution is -2.43. The van der Waals surface area contributed by atoms with Crippen LogP contribution in [0.1, 0.15) is 59.5 Å². The number of hydrogen-bond donors (Lipinski definition) is 2. The molecule has 2 atom stereocenters. The maximum Gasteiger partial charge on any atom is 0.228 e. The van der Waals surface area contributed by atoms with E-state index in [1.807, 2.05) is 38.1 Å². The zero-order chi connectivity index (χ0) is 22.1. The SMILES string of the molecule is C=C/C=c1/nc(C(=O)C(CCCCN)NC(=O)C(CC)c2ccccc2C)sc1=C. The second-order valence-electron chi connectivity index (χ2n) is 7.26. The number of thiazole rings is 1. The third kappa shape index (κ3) is 5.97. The summed E-state index contributed by atoms with van der Waals surface area (Å²) >= 11 is 1.24. The Hall–Kier alpha value is -2.57. The van der Waals surface area contributed by atoms with Crippen LogP contribution in [0.2, 0.25) is 0 Å². The lowest BCUT2D eigenvalue weighted by molar-refractivity contribution is -0.123. The average molecular weight is 426 g/mol. The topological polar surface area (TPSA) is 85.1 Å². The first kappa shape index (κ1) is 23.7. The van der Waals surface area contributed by atoms with E-state index in [0.717, 1.165) is 24.0 Å². The minimum Gasteiger partial charge on any atom is -0.345 e. The molecule has 160 valence electrons. The van der Waals surface area contributed by atoms with Crippen LogP contribution in [-0.4, -0.2) is 29.3 Å². The summed E-state index contributed by atoms with van der Waals surface area (Å²) in [6.45, 7) is 12.1. The highest BCUT2D eigenvalue weighted by Crippen LogP contribution is 2.23. The van der Waals surface area contributed by atoms with Crippen molar-refractivity contribution >= 4 is 35.7 Å². The number of nitrogens with one attached hydrogen (secondary N) is 1. The van der Waals surface area contributed by atoms with Crippen molar-refractivity contribution in [2.75, 3.05) is 6.54 Å². The normalized spacial score (nSPS) is 13.6. The first-order valence-corrected chi connectivity index (χ1v) is 11.1. The van der Waals surface area contributed by atoms with Gasteiger partial charge in [0.05, 0.1) is 17.3 Å². The lowest BCUT2D eigenvalue weighted by Gasteiger charge is -2.22. The van der Waals surface area contributed by atoms with E-state index in [1.54, 1.807) is 12.2 Å². The van der Waals surface area contributed by atoms with Gasteiger partial charge in [-0.25, -0.2) is 4.98 Å². The number of benzene rings is 1. The number of amides is 1. The number of aryl methyl sites for hydroxylation is 1. The lowest BCUT2D eigenvalue weighted by atomic mass is 9.91. The second-order valence-corrected chi connectivity index (χ2v) is 8.34. The van der Waals surface area contributed by atoms with Crippen molar-refractivity contribution in [1.82, 2.24) is 10.3 Å². The quantitative estimate of drug-likeness (QED) is 0.428. The summed E-state index contributed by atoms with van der Waals surface area (Å²) in [6.07, 6.45) is 6.07. The van der Waals surface area contributed by atoms with Gasteiger partial charge in [-0.05, 0) is 56.4 Å². The average Bonchev–Trinajstić information content (AvgIpc) is 3.09. The number of hydrogen-bond acceptors (Lipinski definition) is 5. The number of Topliss-reactive ketones (excluding diaryl/α,β-unsaturated/α-hetero) is 1. The number of aromatic nitrogens is 1. The molecule has 1 heterocycles. The fourth-order valence-corrected chi connectivity index (χ4v) is 4.26. The van der Waals surface area contributed by atoms with Crippen LogP contribution in [0, 0.1) is 6.92 Å². The third-order valence-corrected chi connectivity index (χ3v) is 6.02. The molecule has 2 unspecified atom stereocenters. The first-order valence-electron chi connectivity index (χ1n) is 10.3. The van der Waals surface area contributed by atoms with Crippen molar-refractivity contribution in [2.45, 2.75) is 51.5 Å². The van der Waals surface area contributed by atoms with Crippen LogP contribution in [0.5, 0.6) is 0 Å². The Morgan fingerprint density at radius 2 is 2.03 bits per heavy atom. The number of nitrogens with two attached hydrogens (primary N) is 1. The van der Waals surface area contributed by atoms with Gasteiger partial charge in [0.25, 0.3) is 0 Å². The summed E-state index contributed by atoms with van der Waals surface area (Å²) in [7, 11) is 0.